The van der Waals surface area contributed by atoms with Crippen molar-refractivity contribution in [3.8, 4) is 5.88 Å². The number of ether oxygens (including phenoxy) is 1. The number of amides is 1. The minimum absolute atomic E-state index is 0.0281. The van der Waals surface area contributed by atoms with Crippen LogP contribution >= 0.6 is 0 Å². The van der Waals surface area contributed by atoms with Crippen molar-refractivity contribution in [2.45, 2.75) is 6.42 Å². The van der Waals surface area contributed by atoms with Gasteiger partial charge in [0.15, 0.2) is 5.88 Å². The minimum atomic E-state index is -0.452. The Morgan fingerprint density at radius 3 is 2.43 bits per heavy atom. The number of aliphatic imine (C=N–C) groups is 1. The lowest BCUT2D eigenvalue weighted by atomic mass is 10.00. The summed E-state index contributed by atoms with van der Waals surface area (Å²) >= 11 is 0. The normalized spacial score (nSPS) is 18.6. The Hall–Kier alpha value is -4.47. The summed E-state index contributed by atoms with van der Waals surface area (Å²) in [5, 5.41) is 11.7. The van der Waals surface area contributed by atoms with Gasteiger partial charge in [-0.1, -0.05) is 36.4 Å². The summed E-state index contributed by atoms with van der Waals surface area (Å²) in [5.74, 6) is -0.280. The lowest BCUT2D eigenvalue weighted by molar-refractivity contribution is -0.121. The predicted molar refractivity (Wildman–Crippen MR) is 164 cm³/mol. The molecule has 1 atom stereocenters. The second-order valence-corrected chi connectivity index (χ2v) is 11.0. The Balaban J connectivity index is 1.27. The van der Waals surface area contributed by atoms with Crippen molar-refractivity contribution >= 4 is 39.9 Å². The molecule has 2 N–H and O–H groups in total. The molecule has 6 rings (SSSR count). The largest absolute Gasteiger partial charge is 0.494 e. The van der Waals surface area contributed by atoms with Crippen LogP contribution in [0.4, 0.5) is 11.4 Å². The number of nitrogens with one attached hydrogen (secondary N) is 1. The number of carbonyl (C=O) groups excluding carboxylic acids is 2. The molecule has 1 amide bonds. The van der Waals surface area contributed by atoms with Crippen LogP contribution in [0.3, 0.4) is 0 Å². The highest BCUT2D eigenvalue weighted by Crippen LogP contribution is 2.33. The van der Waals surface area contributed by atoms with Gasteiger partial charge in [0.05, 0.1) is 35.6 Å². The summed E-state index contributed by atoms with van der Waals surface area (Å²) in [6.07, 6.45) is 0.862. The minimum Gasteiger partial charge on any atom is -0.494 e. The second kappa shape index (κ2) is 11.8. The number of H-pyrrole nitrogens is 1. The second-order valence-electron chi connectivity index (χ2n) is 11.0. The van der Waals surface area contributed by atoms with Crippen molar-refractivity contribution in [2.75, 3.05) is 58.3 Å². The van der Waals surface area contributed by atoms with Crippen LogP contribution in [0, 0.1) is 5.92 Å². The van der Waals surface area contributed by atoms with Gasteiger partial charge >= 0.3 is 5.97 Å². The van der Waals surface area contributed by atoms with Gasteiger partial charge in [0.1, 0.15) is 0 Å². The number of nitrogens with zero attached hydrogens (tertiary/aromatic N) is 4. The summed E-state index contributed by atoms with van der Waals surface area (Å²) in [4.78, 5) is 39.9. The zero-order chi connectivity index (χ0) is 29.2. The number of piperazine rings is 1. The number of esters is 1. The third kappa shape index (κ3) is 5.53. The number of aromatic amines is 1. The molecule has 4 aromatic rings. The molecular formula is C33H35N5O4. The van der Waals surface area contributed by atoms with Crippen LogP contribution in [0.1, 0.15) is 27.9 Å². The third-order valence-electron chi connectivity index (χ3n) is 8.28. The van der Waals surface area contributed by atoms with E-state index in [9.17, 15) is 14.7 Å². The maximum absolute atomic E-state index is 13.3. The number of hydrogen-bond donors (Lipinski definition) is 2. The van der Waals surface area contributed by atoms with Gasteiger partial charge in [0.25, 0.3) is 0 Å². The molecule has 0 aliphatic carbocycles. The molecular weight excluding hydrogens is 530 g/mol. The molecule has 9 heteroatoms. The molecule has 3 heterocycles. The van der Waals surface area contributed by atoms with Gasteiger partial charge in [0, 0.05) is 61.4 Å². The van der Waals surface area contributed by atoms with E-state index in [-0.39, 0.29) is 17.7 Å². The Kier molecular flexibility index (Phi) is 7.78. The Morgan fingerprint density at radius 1 is 0.976 bits per heavy atom. The van der Waals surface area contributed by atoms with Gasteiger partial charge in [-0.2, -0.15) is 0 Å². The molecule has 2 saturated heterocycles. The number of fused-ring (bicyclic) bond motifs is 1. The first-order valence-corrected chi connectivity index (χ1v) is 14.3. The number of aromatic hydroxyl groups is 1. The number of aromatic nitrogens is 1. The highest BCUT2D eigenvalue weighted by Gasteiger charge is 2.34. The van der Waals surface area contributed by atoms with Gasteiger partial charge in [-0.05, 0) is 49.9 Å². The van der Waals surface area contributed by atoms with E-state index < -0.39 is 5.97 Å². The van der Waals surface area contributed by atoms with Crippen LogP contribution in [-0.2, 0) is 9.53 Å². The number of likely N-dealkylation sites (N-methyl/N-ethyl adjacent to an activating group) is 1. The molecule has 0 spiro atoms. The third-order valence-corrected chi connectivity index (χ3v) is 8.28. The van der Waals surface area contributed by atoms with Gasteiger partial charge in [-0.15, -0.1) is 0 Å². The summed E-state index contributed by atoms with van der Waals surface area (Å²) in [5.41, 5.74) is 4.50. The van der Waals surface area contributed by atoms with E-state index in [1.165, 1.54) is 7.11 Å². The summed E-state index contributed by atoms with van der Waals surface area (Å²) in [7, 11) is 3.48. The van der Waals surface area contributed by atoms with Crippen LogP contribution in [-0.4, -0.2) is 90.9 Å². The Bertz CT molecular complexity index is 1620. The number of anilines is 1. The number of carbonyl (C=O) groups is 2. The summed E-state index contributed by atoms with van der Waals surface area (Å²) in [6.45, 7) is 5.64. The molecule has 1 aromatic heterocycles. The van der Waals surface area contributed by atoms with Crippen molar-refractivity contribution < 1.29 is 19.4 Å². The summed E-state index contributed by atoms with van der Waals surface area (Å²) in [6, 6.07) is 22.5. The van der Waals surface area contributed by atoms with Crippen LogP contribution in [0.5, 0.6) is 5.88 Å². The predicted octanol–water partition coefficient (Wildman–Crippen LogP) is 4.43. The van der Waals surface area contributed by atoms with E-state index in [4.69, 9.17) is 9.73 Å². The Morgan fingerprint density at radius 2 is 1.71 bits per heavy atom. The Labute approximate surface area is 245 Å². The van der Waals surface area contributed by atoms with Gasteiger partial charge in [0.2, 0.25) is 5.91 Å². The van der Waals surface area contributed by atoms with Crippen LogP contribution in [0.2, 0.25) is 0 Å². The topological polar surface area (TPSA) is 101 Å². The SMILES string of the molecule is COC(=O)c1ccc2c(C(=Nc3ccc(N4CCC(CN5CCN(C)CC5)C4=O)cc3)c3ccccc3)c(O)[nH]c2c1. The highest BCUT2D eigenvalue weighted by molar-refractivity contribution is 6.22. The average Bonchev–Trinajstić information content (AvgIpc) is 3.55. The van der Waals surface area contributed by atoms with Gasteiger partial charge in [-0.3, -0.25) is 4.79 Å². The zero-order valence-corrected chi connectivity index (χ0v) is 23.9. The van der Waals surface area contributed by atoms with Gasteiger partial charge < -0.3 is 29.5 Å². The van der Waals surface area contributed by atoms with Crippen molar-refractivity contribution in [3.63, 3.8) is 0 Å². The fourth-order valence-corrected chi connectivity index (χ4v) is 5.87. The van der Waals surface area contributed by atoms with Crippen LogP contribution in [0.15, 0.2) is 77.8 Å². The number of rotatable bonds is 7. The lowest BCUT2D eigenvalue weighted by Gasteiger charge is -2.33. The van der Waals surface area contributed by atoms with Crippen molar-refractivity contribution in [1.29, 1.82) is 0 Å². The first-order valence-electron chi connectivity index (χ1n) is 14.3. The van der Waals surface area contributed by atoms with Crippen molar-refractivity contribution in [3.05, 3.63) is 89.5 Å². The average molecular weight is 566 g/mol. The maximum atomic E-state index is 13.3. The quantitative estimate of drug-likeness (QED) is 0.254. The van der Waals surface area contributed by atoms with E-state index in [1.807, 2.05) is 59.5 Å². The summed E-state index contributed by atoms with van der Waals surface area (Å²) < 4.78 is 4.85. The molecule has 9 nitrogen and oxygen atoms in total. The van der Waals surface area contributed by atoms with Gasteiger partial charge in [-0.25, -0.2) is 9.79 Å². The zero-order valence-electron chi connectivity index (χ0n) is 23.9. The van der Waals surface area contributed by atoms with Crippen molar-refractivity contribution in [2.24, 2.45) is 10.9 Å². The van der Waals surface area contributed by atoms with E-state index in [0.29, 0.717) is 34.6 Å². The standard InChI is InChI=1S/C33H35N5O4/c1-36-16-18-37(19-17-36)21-24-14-15-38(32(24)40)26-11-9-25(10-12-26)34-30(22-6-4-3-5-7-22)29-27-13-8-23(33(41)42-2)20-28(27)35-31(29)39/h3-13,20,24,35,39H,14-19,21H2,1-2H3. The first-order chi connectivity index (χ1) is 20.4. The van der Waals surface area contributed by atoms with Crippen molar-refractivity contribution in [1.82, 2.24) is 14.8 Å². The highest BCUT2D eigenvalue weighted by atomic mass is 16.5. The fraction of sp³-hybridized carbons (Fsp3) is 0.303. The molecule has 2 fully saturated rings. The van der Waals surface area contributed by atoms with E-state index in [1.54, 1.807) is 18.2 Å². The number of benzene rings is 3. The first kappa shape index (κ1) is 27.7. The van der Waals surface area contributed by atoms with E-state index in [0.717, 1.165) is 55.8 Å². The lowest BCUT2D eigenvalue weighted by Crippen LogP contribution is -2.47. The van der Waals surface area contributed by atoms with E-state index >= 15 is 0 Å². The molecule has 0 saturated carbocycles. The molecule has 3 aromatic carbocycles. The van der Waals surface area contributed by atoms with Crippen LogP contribution < -0.4 is 4.90 Å². The smallest absolute Gasteiger partial charge is 0.337 e. The molecule has 0 radical (unpaired) electrons. The fourth-order valence-electron chi connectivity index (χ4n) is 5.87. The molecule has 2 aliphatic heterocycles. The number of hydrogen-bond acceptors (Lipinski definition) is 7. The van der Waals surface area contributed by atoms with Crippen LogP contribution in [0.25, 0.3) is 10.9 Å². The monoisotopic (exact) mass is 565 g/mol. The molecule has 0 bridgehead atoms. The molecule has 42 heavy (non-hydrogen) atoms. The maximum Gasteiger partial charge on any atom is 0.337 e. The number of methoxy groups -OCH3 is 1. The van der Waals surface area contributed by atoms with E-state index in [2.05, 4.69) is 21.8 Å². The molecule has 2 aliphatic rings. The molecule has 1 unspecified atom stereocenters. The molecule has 216 valence electrons.